The Hall–Kier alpha value is -4.04. The molecule has 0 radical (unpaired) electrons. The van der Waals surface area contributed by atoms with Gasteiger partial charge in [-0.1, -0.05) is 18.2 Å². The van der Waals surface area contributed by atoms with Gasteiger partial charge in [-0.2, -0.15) is 0 Å². The first-order valence-corrected chi connectivity index (χ1v) is 11.9. The second kappa shape index (κ2) is 11.4. The number of benzene rings is 2. The van der Waals surface area contributed by atoms with E-state index >= 15 is 0 Å². The lowest BCUT2D eigenvalue weighted by Crippen LogP contribution is -2.41. The molecule has 35 heavy (non-hydrogen) atoms. The van der Waals surface area contributed by atoms with Crippen molar-refractivity contribution in [3.63, 3.8) is 0 Å². The Balaban J connectivity index is 1.70. The standard InChI is InChI=1S/C27H26N2O5S/c1-32-21-11-7-19(8-12-21)26(27(31)28-20-9-13-22(33-2)14-10-20)29(18-23-5-3-15-34-23)25(30)17-24-6-4-16-35-24/h3-16,26H,17-18H2,1-2H3,(H,28,31)/t26-/m1/s1. The topological polar surface area (TPSA) is 81.0 Å². The maximum atomic E-state index is 13.7. The van der Waals surface area contributed by atoms with Crippen molar-refractivity contribution in [2.75, 3.05) is 19.5 Å². The molecule has 2 aromatic carbocycles. The highest BCUT2D eigenvalue weighted by molar-refractivity contribution is 7.10. The highest BCUT2D eigenvalue weighted by atomic mass is 32.1. The van der Waals surface area contributed by atoms with Gasteiger partial charge in [-0.25, -0.2) is 0 Å². The molecule has 2 aromatic heterocycles. The van der Waals surface area contributed by atoms with Crippen LogP contribution in [0.2, 0.25) is 0 Å². The summed E-state index contributed by atoms with van der Waals surface area (Å²) in [7, 11) is 3.16. The molecule has 4 rings (SSSR count). The number of carbonyl (C=O) groups is 2. The molecule has 0 aliphatic carbocycles. The Bertz CT molecular complexity index is 1220. The number of hydrogen-bond acceptors (Lipinski definition) is 6. The van der Waals surface area contributed by atoms with Gasteiger partial charge < -0.3 is 24.1 Å². The molecule has 2 amide bonds. The number of ether oxygens (including phenoxy) is 2. The predicted octanol–water partition coefficient (Wildman–Crippen LogP) is 5.31. The largest absolute Gasteiger partial charge is 0.497 e. The number of anilines is 1. The fourth-order valence-corrected chi connectivity index (χ4v) is 4.40. The number of nitrogens with one attached hydrogen (secondary N) is 1. The van der Waals surface area contributed by atoms with Gasteiger partial charge in [-0.3, -0.25) is 9.59 Å². The molecule has 0 saturated carbocycles. The summed E-state index contributed by atoms with van der Waals surface area (Å²) >= 11 is 1.50. The smallest absolute Gasteiger partial charge is 0.251 e. The third-order valence-corrected chi connectivity index (χ3v) is 6.36. The molecule has 4 aromatic rings. The van der Waals surface area contributed by atoms with E-state index in [4.69, 9.17) is 13.9 Å². The average molecular weight is 491 g/mol. The Kier molecular flexibility index (Phi) is 7.84. The Morgan fingerprint density at radius 2 is 1.63 bits per heavy atom. The highest BCUT2D eigenvalue weighted by Gasteiger charge is 2.32. The van der Waals surface area contributed by atoms with Crippen molar-refractivity contribution in [2.45, 2.75) is 19.0 Å². The quantitative estimate of drug-likeness (QED) is 0.326. The molecule has 1 N–H and O–H groups in total. The first-order valence-electron chi connectivity index (χ1n) is 11.0. The van der Waals surface area contributed by atoms with E-state index in [1.807, 2.05) is 17.5 Å². The molecule has 0 bridgehead atoms. The number of thiophene rings is 1. The number of carbonyl (C=O) groups excluding carboxylic acids is 2. The van der Waals surface area contributed by atoms with E-state index in [-0.39, 0.29) is 24.8 Å². The van der Waals surface area contributed by atoms with Crippen LogP contribution in [0.5, 0.6) is 11.5 Å². The van der Waals surface area contributed by atoms with E-state index in [2.05, 4.69) is 5.32 Å². The fourth-order valence-electron chi connectivity index (χ4n) is 3.70. The van der Waals surface area contributed by atoms with E-state index in [1.165, 1.54) is 11.3 Å². The van der Waals surface area contributed by atoms with Crippen LogP contribution in [0.4, 0.5) is 5.69 Å². The third kappa shape index (κ3) is 6.10. The molecular weight excluding hydrogens is 464 g/mol. The molecule has 0 aliphatic heterocycles. The summed E-state index contributed by atoms with van der Waals surface area (Å²) in [5.41, 5.74) is 1.25. The van der Waals surface area contributed by atoms with E-state index in [1.54, 1.807) is 86.0 Å². The van der Waals surface area contributed by atoms with Gasteiger partial charge in [0.2, 0.25) is 5.91 Å². The third-order valence-electron chi connectivity index (χ3n) is 5.48. The number of nitrogens with zero attached hydrogens (tertiary/aromatic N) is 1. The first-order chi connectivity index (χ1) is 17.1. The highest BCUT2D eigenvalue weighted by Crippen LogP contribution is 2.29. The minimum Gasteiger partial charge on any atom is -0.497 e. The van der Waals surface area contributed by atoms with Crippen molar-refractivity contribution in [1.29, 1.82) is 0 Å². The van der Waals surface area contributed by atoms with Gasteiger partial charge in [0, 0.05) is 10.6 Å². The number of amides is 2. The molecule has 180 valence electrons. The van der Waals surface area contributed by atoms with Crippen LogP contribution < -0.4 is 14.8 Å². The minimum atomic E-state index is -0.902. The van der Waals surface area contributed by atoms with Crippen molar-refractivity contribution in [3.8, 4) is 11.5 Å². The molecule has 0 unspecified atom stereocenters. The van der Waals surface area contributed by atoms with Crippen molar-refractivity contribution >= 4 is 28.8 Å². The molecule has 7 nitrogen and oxygen atoms in total. The number of furan rings is 1. The summed E-state index contributed by atoms with van der Waals surface area (Å²) in [6.07, 6.45) is 1.73. The molecule has 0 spiro atoms. The molecule has 8 heteroatoms. The zero-order chi connectivity index (χ0) is 24.6. The zero-order valence-electron chi connectivity index (χ0n) is 19.5. The van der Waals surface area contributed by atoms with Gasteiger partial charge >= 0.3 is 0 Å². The van der Waals surface area contributed by atoms with Crippen LogP contribution in [0.15, 0.2) is 88.9 Å². The summed E-state index contributed by atoms with van der Waals surface area (Å²) in [6.45, 7) is 0.143. The summed E-state index contributed by atoms with van der Waals surface area (Å²) in [5.74, 6) is 1.40. The van der Waals surface area contributed by atoms with Gasteiger partial charge in [0.1, 0.15) is 23.3 Å². The number of rotatable bonds is 10. The normalized spacial score (nSPS) is 11.5. The number of hydrogen-bond donors (Lipinski definition) is 1. The van der Waals surface area contributed by atoms with Crippen LogP contribution in [-0.2, 0) is 22.6 Å². The zero-order valence-corrected chi connectivity index (χ0v) is 20.3. The lowest BCUT2D eigenvalue weighted by Gasteiger charge is -2.31. The van der Waals surface area contributed by atoms with Crippen LogP contribution in [0, 0.1) is 0 Å². The molecule has 0 saturated heterocycles. The van der Waals surface area contributed by atoms with Gasteiger partial charge in [0.05, 0.1) is 33.4 Å². The van der Waals surface area contributed by atoms with Crippen LogP contribution >= 0.6 is 11.3 Å². The van der Waals surface area contributed by atoms with E-state index < -0.39 is 6.04 Å². The molecule has 2 heterocycles. The van der Waals surface area contributed by atoms with E-state index in [9.17, 15) is 9.59 Å². The van der Waals surface area contributed by atoms with Crippen molar-refractivity contribution in [1.82, 2.24) is 4.90 Å². The van der Waals surface area contributed by atoms with Crippen molar-refractivity contribution in [3.05, 3.63) is 101 Å². The SMILES string of the molecule is COc1ccc(NC(=O)[C@@H](c2ccc(OC)cc2)N(Cc2ccco2)C(=O)Cc2cccs2)cc1. The minimum absolute atomic E-state index is 0.143. The lowest BCUT2D eigenvalue weighted by atomic mass is 10.0. The van der Waals surface area contributed by atoms with E-state index in [0.717, 1.165) is 4.88 Å². The summed E-state index contributed by atoms with van der Waals surface area (Å²) in [5, 5.41) is 4.87. The molecule has 0 fully saturated rings. The van der Waals surface area contributed by atoms with Gasteiger partial charge in [0.15, 0.2) is 0 Å². The molecule has 0 aliphatic rings. The molecular formula is C27H26N2O5S. The predicted molar refractivity (Wildman–Crippen MR) is 135 cm³/mol. The van der Waals surface area contributed by atoms with E-state index in [0.29, 0.717) is 28.5 Å². The van der Waals surface area contributed by atoms with Gasteiger partial charge in [-0.05, 0) is 65.5 Å². The van der Waals surface area contributed by atoms with Crippen LogP contribution in [0.1, 0.15) is 22.2 Å². The van der Waals surface area contributed by atoms with Crippen LogP contribution in [0.3, 0.4) is 0 Å². The van der Waals surface area contributed by atoms with Gasteiger partial charge in [0.25, 0.3) is 5.91 Å². The fraction of sp³-hybridized carbons (Fsp3) is 0.185. The average Bonchev–Trinajstić information content (AvgIpc) is 3.59. The second-order valence-corrected chi connectivity index (χ2v) is 8.78. The Morgan fingerprint density at radius 1 is 0.943 bits per heavy atom. The summed E-state index contributed by atoms with van der Waals surface area (Å²) in [4.78, 5) is 29.8. The maximum absolute atomic E-state index is 13.7. The summed E-state index contributed by atoms with van der Waals surface area (Å²) < 4.78 is 16.0. The van der Waals surface area contributed by atoms with Gasteiger partial charge in [-0.15, -0.1) is 11.3 Å². The monoisotopic (exact) mass is 490 g/mol. The Morgan fingerprint density at radius 3 is 2.20 bits per heavy atom. The maximum Gasteiger partial charge on any atom is 0.251 e. The second-order valence-electron chi connectivity index (χ2n) is 7.75. The van der Waals surface area contributed by atoms with Crippen molar-refractivity contribution in [2.24, 2.45) is 0 Å². The molecule has 1 atom stereocenters. The van der Waals surface area contributed by atoms with Crippen molar-refractivity contribution < 1.29 is 23.5 Å². The van der Waals surface area contributed by atoms with Crippen LogP contribution in [-0.4, -0.2) is 30.9 Å². The Labute approximate surface area is 207 Å². The first kappa shape index (κ1) is 24.1. The lowest BCUT2D eigenvalue weighted by molar-refractivity contribution is -0.139. The summed E-state index contributed by atoms with van der Waals surface area (Å²) in [6, 6.07) is 20.6. The number of methoxy groups -OCH3 is 2. The van der Waals surface area contributed by atoms with Crippen LogP contribution in [0.25, 0.3) is 0 Å².